The van der Waals surface area contributed by atoms with E-state index in [1.54, 1.807) is 50.2 Å². The van der Waals surface area contributed by atoms with Gasteiger partial charge in [-0.05, 0) is 57.2 Å². The van der Waals surface area contributed by atoms with Crippen LogP contribution in [-0.4, -0.2) is 58.4 Å². The molecule has 3 unspecified atom stereocenters. The normalized spacial score (nSPS) is 14.8. The van der Waals surface area contributed by atoms with Crippen LogP contribution in [-0.2, 0) is 19.1 Å². The second-order valence-corrected chi connectivity index (χ2v) is 8.18. The highest BCUT2D eigenvalue weighted by Gasteiger charge is 2.49. The smallest absolute Gasteiger partial charge is 0.274 e. The summed E-state index contributed by atoms with van der Waals surface area (Å²) in [5.41, 5.74) is 4.23. The summed E-state index contributed by atoms with van der Waals surface area (Å²) in [7, 11) is 1.34. The molecule has 3 amide bonds. The molecule has 0 aromatic heterocycles. The molecule has 0 heterocycles. The van der Waals surface area contributed by atoms with Crippen molar-refractivity contribution in [3.8, 4) is 11.5 Å². The zero-order chi connectivity index (χ0) is 25.5. The van der Waals surface area contributed by atoms with Gasteiger partial charge in [-0.25, -0.2) is 5.48 Å². The lowest BCUT2D eigenvalue weighted by atomic mass is 9.82. The first-order chi connectivity index (χ1) is 15.9. The van der Waals surface area contributed by atoms with Gasteiger partial charge in [-0.1, -0.05) is 18.2 Å². The predicted octanol–water partition coefficient (Wildman–Crippen LogP) is 0.911. The van der Waals surface area contributed by atoms with Crippen molar-refractivity contribution in [2.24, 2.45) is 5.73 Å². The summed E-state index contributed by atoms with van der Waals surface area (Å²) in [6, 6.07) is 13.8. The number of hydroxylamine groups is 1. The second-order valence-electron chi connectivity index (χ2n) is 8.18. The third kappa shape index (κ3) is 6.01. The van der Waals surface area contributed by atoms with Gasteiger partial charge in [0.1, 0.15) is 23.1 Å². The molecule has 0 saturated carbocycles. The number of nitrogens with two attached hydrogens (primary N) is 1. The van der Waals surface area contributed by atoms with Crippen molar-refractivity contribution in [2.75, 3.05) is 12.4 Å². The number of rotatable bonds is 11. The number of methoxy groups -OCH3 is 1. The molecule has 0 aliphatic rings. The number of benzene rings is 2. The van der Waals surface area contributed by atoms with Crippen LogP contribution in [0, 0.1) is 0 Å². The Morgan fingerprint density at radius 3 is 2.00 bits per heavy atom. The number of hydrogen-bond acceptors (Lipinski definition) is 8. The van der Waals surface area contributed by atoms with Crippen molar-refractivity contribution in [1.29, 1.82) is 0 Å². The number of aliphatic hydroxyl groups is 1. The van der Waals surface area contributed by atoms with Crippen LogP contribution in [0.2, 0.25) is 0 Å². The average Bonchev–Trinajstić information content (AvgIpc) is 2.82. The van der Waals surface area contributed by atoms with E-state index in [2.05, 4.69) is 10.6 Å². The van der Waals surface area contributed by atoms with E-state index in [1.807, 2.05) is 18.2 Å². The maximum atomic E-state index is 13.1. The monoisotopic (exact) mass is 474 g/mol. The summed E-state index contributed by atoms with van der Waals surface area (Å²) < 4.78 is 11.0. The number of ether oxygens (including phenoxy) is 2. The van der Waals surface area contributed by atoms with E-state index in [0.717, 1.165) is 0 Å². The quantitative estimate of drug-likeness (QED) is 0.206. The molecule has 0 aliphatic carbocycles. The molecule has 11 heteroatoms. The molecule has 2 rings (SSSR count). The number of para-hydroxylation sites is 1. The molecular formula is C23H30N4O7. The summed E-state index contributed by atoms with van der Waals surface area (Å²) in [5, 5.41) is 24.5. The van der Waals surface area contributed by atoms with Crippen LogP contribution in [0.4, 0.5) is 5.69 Å². The van der Waals surface area contributed by atoms with E-state index in [4.69, 9.17) is 20.4 Å². The van der Waals surface area contributed by atoms with Crippen LogP contribution in [0.15, 0.2) is 54.6 Å². The average molecular weight is 475 g/mol. The highest BCUT2D eigenvalue weighted by molar-refractivity contribution is 5.97. The van der Waals surface area contributed by atoms with Crippen molar-refractivity contribution < 1.29 is 34.2 Å². The topological polar surface area (TPSA) is 172 Å². The second kappa shape index (κ2) is 11.0. The largest absolute Gasteiger partial charge is 0.457 e. The molecule has 0 saturated heterocycles. The number of amides is 3. The molecule has 0 fully saturated rings. The minimum Gasteiger partial charge on any atom is -0.457 e. The van der Waals surface area contributed by atoms with Gasteiger partial charge in [0, 0.05) is 12.8 Å². The van der Waals surface area contributed by atoms with E-state index in [-0.39, 0.29) is 0 Å². The van der Waals surface area contributed by atoms with Crippen LogP contribution >= 0.6 is 0 Å². The zero-order valence-corrected chi connectivity index (χ0v) is 19.4. The fraction of sp³-hybridized carbons (Fsp3) is 0.348. The Morgan fingerprint density at radius 2 is 1.50 bits per heavy atom. The van der Waals surface area contributed by atoms with Crippen LogP contribution in [0.25, 0.3) is 0 Å². The number of carbonyl (C=O) groups excluding carboxylic acids is 3. The third-order valence-electron chi connectivity index (χ3n) is 5.71. The number of carbonyl (C=O) groups is 3. The van der Waals surface area contributed by atoms with Crippen molar-refractivity contribution >= 4 is 23.4 Å². The first-order valence-electron chi connectivity index (χ1n) is 10.3. The molecule has 34 heavy (non-hydrogen) atoms. The number of hydrogen-bond donors (Lipinski definition) is 6. The number of anilines is 1. The van der Waals surface area contributed by atoms with E-state index in [9.17, 15) is 19.5 Å². The van der Waals surface area contributed by atoms with Crippen molar-refractivity contribution in [3.63, 3.8) is 0 Å². The molecule has 2 aromatic carbocycles. The van der Waals surface area contributed by atoms with E-state index in [0.29, 0.717) is 17.2 Å². The molecule has 0 bridgehead atoms. The molecule has 11 nitrogen and oxygen atoms in total. The Labute approximate surface area is 197 Å². The molecule has 3 atom stereocenters. The highest BCUT2D eigenvalue weighted by atomic mass is 16.5. The number of aliphatic hydroxyl groups excluding tert-OH is 1. The lowest BCUT2D eigenvalue weighted by molar-refractivity contribution is -0.147. The summed E-state index contributed by atoms with van der Waals surface area (Å²) >= 11 is 0. The van der Waals surface area contributed by atoms with Crippen LogP contribution in [0.3, 0.4) is 0 Å². The zero-order valence-electron chi connectivity index (χ0n) is 19.4. The van der Waals surface area contributed by atoms with E-state index in [1.165, 1.54) is 19.5 Å². The van der Waals surface area contributed by atoms with E-state index >= 15 is 0 Å². The van der Waals surface area contributed by atoms with Gasteiger partial charge >= 0.3 is 0 Å². The summed E-state index contributed by atoms with van der Waals surface area (Å²) in [6.07, 6.45) is -2.02. The van der Waals surface area contributed by atoms with Gasteiger partial charge in [0.2, 0.25) is 11.8 Å². The molecule has 0 radical (unpaired) electrons. The lowest BCUT2D eigenvalue weighted by Gasteiger charge is -2.42. The fourth-order valence-electron chi connectivity index (χ4n) is 2.97. The van der Waals surface area contributed by atoms with Gasteiger partial charge in [-0.2, -0.15) is 0 Å². The summed E-state index contributed by atoms with van der Waals surface area (Å²) in [5.74, 6) is -1.93. The maximum absolute atomic E-state index is 13.1. The number of primary amides is 1. The van der Waals surface area contributed by atoms with E-state index < -0.39 is 41.0 Å². The Morgan fingerprint density at radius 1 is 0.941 bits per heavy atom. The SMILES string of the molecule is COC(C)(C)C(C)(NC(=O)C(Nc1ccc(Oc2ccccc2)cc1)C(O)C(=O)NO)C(N)=O. The van der Waals surface area contributed by atoms with Gasteiger partial charge < -0.3 is 30.9 Å². The fourth-order valence-corrected chi connectivity index (χ4v) is 2.97. The number of nitrogens with one attached hydrogen (secondary N) is 3. The minimum absolute atomic E-state index is 0.345. The van der Waals surface area contributed by atoms with Crippen LogP contribution < -0.4 is 26.6 Å². The maximum Gasteiger partial charge on any atom is 0.274 e. The standard InChI is InChI=1S/C23H30N4O7/c1-22(2,33-4)23(3,21(24)31)26-19(29)17(18(28)20(30)27-32)25-14-10-12-16(13-11-14)34-15-8-6-5-7-9-15/h5-13,17-18,25,28,32H,1-4H3,(H2,24,31)(H,26,29)(H,27,30). The Bertz CT molecular complexity index is 998. The molecule has 2 aromatic rings. The molecular weight excluding hydrogens is 444 g/mol. The molecule has 0 aliphatic heterocycles. The molecule has 0 spiro atoms. The lowest BCUT2D eigenvalue weighted by Crippen LogP contribution is -2.70. The van der Waals surface area contributed by atoms with Crippen LogP contribution in [0.1, 0.15) is 20.8 Å². The highest BCUT2D eigenvalue weighted by Crippen LogP contribution is 2.26. The summed E-state index contributed by atoms with van der Waals surface area (Å²) in [6.45, 7) is 4.45. The van der Waals surface area contributed by atoms with Crippen molar-refractivity contribution in [1.82, 2.24) is 10.8 Å². The predicted molar refractivity (Wildman–Crippen MR) is 123 cm³/mol. The third-order valence-corrected chi connectivity index (χ3v) is 5.71. The molecule has 184 valence electrons. The Hall–Kier alpha value is -3.67. The van der Waals surface area contributed by atoms with Gasteiger partial charge in [0.15, 0.2) is 6.10 Å². The molecule has 7 N–H and O–H groups in total. The minimum atomic E-state index is -2.02. The van der Waals surface area contributed by atoms with Gasteiger partial charge in [-0.15, -0.1) is 0 Å². The van der Waals surface area contributed by atoms with Crippen molar-refractivity contribution in [3.05, 3.63) is 54.6 Å². The Kier molecular flexibility index (Phi) is 8.57. The van der Waals surface area contributed by atoms with Gasteiger partial charge in [0.05, 0.1) is 5.60 Å². The van der Waals surface area contributed by atoms with Gasteiger partial charge in [-0.3, -0.25) is 19.6 Å². The Balaban J connectivity index is 2.28. The first-order valence-corrected chi connectivity index (χ1v) is 10.3. The van der Waals surface area contributed by atoms with Gasteiger partial charge in [0.25, 0.3) is 5.91 Å². The van der Waals surface area contributed by atoms with Crippen LogP contribution in [0.5, 0.6) is 11.5 Å². The summed E-state index contributed by atoms with van der Waals surface area (Å²) in [4.78, 5) is 37.2. The first kappa shape index (κ1) is 26.6. The van der Waals surface area contributed by atoms with Crippen molar-refractivity contribution in [2.45, 2.75) is 44.1 Å².